The Morgan fingerprint density at radius 2 is 1.72 bits per heavy atom. The summed E-state index contributed by atoms with van der Waals surface area (Å²) in [5.74, 6) is 0.802. The van der Waals surface area contributed by atoms with E-state index < -0.39 is 0 Å². The Balaban J connectivity index is 1.37. The van der Waals surface area contributed by atoms with Crippen molar-refractivity contribution in [3.05, 3.63) is 24.3 Å². The number of hydrogen-bond donors (Lipinski definition) is 2. The van der Waals surface area contributed by atoms with Gasteiger partial charge in [0.25, 0.3) is 0 Å². The maximum Gasteiger partial charge on any atom is 0.238 e. The average molecular weight is 346 g/mol. The summed E-state index contributed by atoms with van der Waals surface area (Å²) in [6, 6.07) is 7.74. The zero-order chi connectivity index (χ0) is 17.6. The van der Waals surface area contributed by atoms with Crippen LogP contribution in [0.15, 0.2) is 24.3 Å². The van der Waals surface area contributed by atoms with E-state index in [-0.39, 0.29) is 11.8 Å². The third kappa shape index (κ3) is 5.72. The first-order valence-electron chi connectivity index (χ1n) is 8.80. The van der Waals surface area contributed by atoms with Gasteiger partial charge in [-0.25, -0.2) is 0 Å². The maximum absolute atomic E-state index is 12.2. The Bertz CT molecular complexity index is 610. The minimum Gasteiger partial charge on any atom is -0.497 e. The van der Waals surface area contributed by atoms with Crippen LogP contribution < -0.4 is 15.4 Å². The summed E-state index contributed by atoms with van der Waals surface area (Å²) < 4.78 is 5.16. The van der Waals surface area contributed by atoms with Gasteiger partial charge in [-0.05, 0) is 25.0 Å². The summed E-state index contributed by atoms with van der Waals surface area (Å²) >= 11 is 0. The van der Waals surface area contributed by atoms with Crippen molar-refractivity contribution in [3.63, 3.8) is 0 Å². The molecule has 0 aromatic heterocycles. The Hall–Kier alpha value is -2.12. The zero-order valence-electron chi connectivity index (χ0n) is 14.7. The second-order valence-corrected chi connectivity index (χ2v) is 6.67. The van der Waals surface area contributed by atoms with Gasteiger partial charge < -0.3 is 15.4 Å². The molecule has 2 N–H and O–H groups in total. The van der Waals surface area contributed by atoms with E-state index in [1.165, 1.54) is 0 Å². The number of amides is 2. The summed E-state index contributed by atoms with van der Waals surface area (Å²) in [6.07, 6.45) is 2.23. The first-order valence-corrected chi connectivity index (χ1v) is 8.80. The predicted molar refractivity (Wildman–Crippen MR) is 95.7 cm³/mol. The molecule has 3 rings (SSSR count). The number of carbonyl (C=O) groups excluding carboxylic acids is 2. The topological polar surface area (TPSA) is 73.9 Å². The highest BCUT2D eigenvalue weighted by Crippen LogP contribution is 2.18. The molecule has 7 nitrogen and oxygen atoms in total. The Labute approximate surface area is 148 Å². The fourth-order valence-electron chi connectivity index (χ4n) is 2.91. The first-order chi connectivity index (χ1) is 12.1. The highest BCUT2D eigenvalue weighted by Gasteiger charge is 2.25. The second kappa shape index (κ2) is 8.31. The third-order valence-corrected chi connectivity index (χ3v) is 4.50. The van der Waals surface area contributed by atoms with Crippen molar-refractivity contribution >= 4 is 17.5 Å². The smallest absolute Gasteiger partial charge is 0.238 e. The molecule has 7 heteroatoms. The normalized spacial score (nSPS) is 18.6. The number of nitrogens with zero attached hydrogens (tertiary/aromatic N) is 2. The number of anilines is 1. The SMILES string of the molecule is COc1cccc(NC(=O)CN2CCN(CC(=O)NC3CC3)CC2)c1. The summed E-state index contributed by atoms with van der Waals surface area (Å²) in [7, 11) is 1.60. The van der Waals surface area contributed by atoms with E-state index in [1.807, 2.05) is 18.2 Å². The third-order valence-electron chi connectivity index (χ3n) is 4.50. The molecule has 0 atom stereocenters. The van der Waals surface area contributed by atoms with Crippen LogP contribution in [0, 0.1) is 0 Å². The van der Waals surface area contributed by atoms with E-state index in [9.17, 15) is 9.59 Å². The molecule has 0 bridgehead atoms. The van der Waals surface area contributed by atoms with Gasteiger partial charge in [0, 0.05) is 44.0 Å². The molecule has 0 unspecified atom stereocenters. The lowest BCUT2D eigenvalue weighted by Crippen LogP contribution is -2.51. The van der Waals surface area contributed by atoms with Crippen molar-refractivity contribution in [3.8, 4) is 5.75 Å². The zero-order valence-corrected chi connectivity index (χ0v) is 14.7. The molecule has 1 aromatic rings. The minimum atomic E-state index is -0.0341. The van der Waals surface area contributed by atoms with Crippen molar-refractivity contribution in [1.82, 2.24) is 15.1 Å². The molecular formula is C18H26N4O3. The van der Waals surface area contributed by atoms with E-state index in [0.29, 0.717) is 19.1 Å². The Morgan fingerprint density at radius 3 is 2.32 bits per heavy atom. The predicted octanol–water partition coefficient (Wildman–Crippen LogP) is 0.530. The second-order valence-electron chi connectivity index (χ2n) is 6.67. The van der Waals surface area contributed by atoms with Gasteiger partial charge >= 0.3 is 0 Å². The molecule has 1 heterocycles. The van der Waals surface area contributed by atoms with Crippen molar-refractivity contribution < 1.29 is 14.3 Å². The molecule has 2 fully saturated rings. The number of benzene rings is 1. The van der Waals surface area contributed by atoms with E-state index in [2.05, 4.69) is 20.4 Å². The van der Waals surface area contributed by atoms with E-state index in [0.717, 1.165) is 50.5 Å². The Kier molecular flexibility index (Phi) is 5.88. The number of hydrogen-bond acceptors (Lipinski definition) is 5. The molecule has 1 aliphatic carbocycles. The first kappa shape index (κ1) is 17.7. The highest BCUT2D eigenvalue weighted by atomic mass is 16.5. The van der Waals surface area contributed by atoms with Crippen LogP contribution in [0.25, 0.3) is 0 Å². The van der Waals surface area contributed by atoms with E-state index >= 15 is 0 Å². The fourth-order valence-corrected chi connectivity index (χ4v) is 2.91. The van der Waals surface area contributed by atoms with Crippen LogP contribution in [0.3, 0.4) is 0 Å². The van der Waals surface area contributed by atoms with Gasteiger partial charge in [-0.3, -0.25) is 19.4 Å². The average Bonchev–Trinajstić information content (AvgIpc) is 3.40. The number of carbonyl (C=O) groups is 2. The van der Waals surface area contributed by atoms with Gasteiger partial charge in [0.2, 0.25) is 11.8 Å². The maximum atomic E-state index is 12.2. The van der Waals surface area contributed by atoms with Gasteiger partial charge in [0.05, 0.1) is 20.2 Å². The monoisotopic (exact) mass is 346 g/mol. The molecule has 2 aliphatic rings. The lowest BCUT2D eigenvalue weighted by Gasteiger charge is -2.33. The van der Waals surface area contributed by atoms with Crippen LogP contribution >= 0.6 is 0 Å². The molecule has 136 valence electrons. The van der Waals surface area contributed by atoms with Crippen LogP contribution in [0.1, 0.15) is 12.8 Å². The van der Waals surface area contributed by atoms with Crippen LogP contribution in [0.4, 0.5) is 5.69 Å². The molecule has 0 spiro atoms. The summed E-state index contributed by atoms with van der Waals surface area (Å²) in [6.45, 7) is 4.03. The number of nitrogens with one attached hydrogen (secondary N) is 2. The summed E-state index contributed by atoms with van der Waals surface area (Å²) in [5, 5.41) is 5.91. The highest BCUT2D eigenvalue weighted by molar-refractivity contribution is 5.92. The van der Waals surface area contributed by atoms with Crippen molar-refractivity contribution in [1.29, 1.82) is 0 Å². The summed E-state index contributed by atoms with van der Waals surface area (Å²) in [4.78, 5) is 28.3. The van der Waals surface area contributed by atoms with Crippen LogP contribution in [-0.4, -0.2) is 74.0 Å². The van der Waals surface area contributed by atoms with Crippen molar-refractivity contribution in [2.45, 2.75) is 18.9 Å². The lowest BCUT2D eigenvalue weighted by molar-refractivity contribution is -0.123. The van der Waals surface area contributed by atoms with E-state index in [1.54, 1.807) is 13.2 Å². The number of piperazine rings is 1. The summed E-state index contributed by atoms with van der Waals surface area (Å²) in [5.41, 5.74) is 0.736. The van der Waals surface area contributed by atoms with Gasteiger partial charge in [-0.1, -0.05) is 6.07 Å². The minimum absolute atomic E-state index is 0.0341. The molecule has 1 saturated heterocycles. The molecule has 25 heavy (non-hydrogen) atoms. The number of ether oxygens (including phenoxy) is 1. The standard InChI is InChI=1S/C18H26N4O3/c1-25-16-4-2-3-15(11-16)20-18(24)13-22-9-7-21(8-10-22)12-17(23)19-14-5-6-14/h2-4,11,14H,5-10,12-13H2,1H3,(H,19,23)(H,20,24). The largest absolute Gasteiger partial charge is 0.497 e. The quantitative estimate of drug-likeness (QED) is 0.753. The molecule has 0 radical (unpaired) electrons. The molecule has 1 aromatic carbocycles. The van der Waals surface area contributed by atoms with Crippen LogP contribution in [0.5, 0.6) is 5.75 Å². The van der Waals surface area contributed by atoms with Gasteiger partial charge in [-0.2, -0.15) is 0 Å². The number of methoxy groups -OCH3 is 1. The van der Waals surface area contributed by atoms with Gasteiger partial charge in [0.1, 0.15) is 5.75 Å². The molecule has 1 saturated carbocycles. The molecular weight excluding hydrogens is 320 g/mol. The van der Waals surface area contributed by atoms with Gasteiger partial charge in [0.15, 0.2) is 0 Å². The van der Waals surface area contributed by atoms with Crippen LogP contribution in [0.2, 0.25) is 0 Å². The van der Waals surface area contributed by atoms with Crippen LogP contribution in [-0.2, 0) is 9.59 Å². The van der Waals surface area contributed by atoms with Gasteiger partial charge in [-0.15, -0.1) is 0 Å². The van der Waals surface area contributed by atoms with Crippen molar-refractivity contribution in [2.75, 3.05) is 51.7 Å². The van der Waals surface area contributed by atoms with E-state index in [4.69, 9.17) is 4.74 Å². The lowest BCUT2D eigenvalue weighted by atomic mass is 10.3. The number of rotatable bonds is 7. The Morgan fingerprint density at radius 1 is 1.08 bits per heavy atom. The van der Waals surface area contributed by atoms with Crippen molar-refractivity contribution in [2.24, 2.45) is 0 Å². The molecule has 1 aliphatic heterocycles. The molecule has 2 amide bonds. The fraction of sp³-hybridized carbons (Fsp3) is 0.556.